The molecule has 3 aromatic carbocycles. The highest BCUT2D eigenvalue weighted by atomic mass is 16.6. The second-order valence-electron chi connectivity index (χ2n) is 15.9. The molecule has 9 nitrogen and oxygen atoms in total. The third-order valence-corrected chi connectivity index (χ3v) is 8.75. The average molecular weight is 728 g/mol. The lowest BCUT2D eigenvalue weighted by atomic mass is 9.96. The fraction of sp³-hybridized carbons (Fsp3) is 0.500. The number of carbonyl (C=O) groups excluding carboxylic acids is 4. The number of carbonyl (C=O) groups is 4. The van der Waals surface area contributed by atoms with Crippen molar-refractivity contribution < 1.29 is 28.7 Å². The number of nitrogens with zero attached hydrogens (tertiary/aromatic N) is 1. The molecule has 0 radical (unpaired) electrons. The smallest absolute Gasteiger partial charge is 0.408 e. The molecule has 0 spiro atoms. The zero-order valence-electron chi connectivity index (χ0n) is 33.3. The van der Waals surface area contributed by atoms with Crippen molar-refractivity contribution in [1.82, 2.24) is 15.5 Å². The van der Waals surface area contributed by atoms with Crippen LogP contribution in [0.4, 0.5) is 4.79 Å². The lowest BCUT2D eigenvalue weighted by Gasteiger charge is -2.35. The summed E-state index contributed by atoms with van der Waals surface area (Å²) in [6, 6.07) is 21.4. The number of benzene rings is 3. The van der Waals surface area contributed by atoms with E-state index in [4.69, 9.17) is 9.47 Å². The molecule has 0 saturated carbocycles. The molecular weight excluding hydrogens is 666 g/mol. The molecule has 0 aliphatic rings. The first kappa shape index (κ1) is 42.8. The molecule has 0 bridgehead atoms. The quantitative estimate of drug-likeness (QED) is 0.107. The molecule has 0 aliphatic heterocycles. The first-order chi connectivity index (χ1) is 25.0. The molecule has 3 unspecified atom stereocenters. The highest BCUT2D eigenvalue weighted by Crippen LogP contribution is 2.27. The number of nitrogens with one attached hydrogen (secondary N) is 2. The average Bonchev–Trinajstić information content (AvgIpc) is 3.07. The predicted molar refractivity (Wildman–Crippen MR) is 210 cm³/mol. The topological polar surface area (TPSA) is 114 Å². The number of alkyl carbamates (subject to hydrolysis) is 1. The summed E-state index contributed by atoms with van der Waals surface area (Å²) in [5, 5.41) is 5.85. The maximum atomic E-state index is 15.0. The van der Waals surface area contributed by atoms with Crippen LogP contribution in [0.3, 0.4) is 0 Å². The number of esters is 1. The largest absolute Gasteiger partial charge is 0.458 e. The van der Waals surface area contributed by atoms with E-state index in [0.717, 1.165) is 47.9 Å². The van der Waals surface area contributed by atoms with E-state index in [-0.39, 0.29) is 19.4 Å². The molecule has 9 heteroatoms. The van der Waals surface area contributed by atoms with E-state index in [1.807, 2.05) is 92.7 Å². The first-order valence-electron chi connectivity index (χ1n) is 19.0. The molecule has 288 valence electrons. The second-order valence-corrected chi connectivity index (χ2v) is 15.9. The molecule has 0 aromatic heterocycles. The summed E-state index contributed by atoms with van der Waals surface area (Å²) in [6.07, 6.45) is 4.26. The summed E-state index contributed by atoms with van der Waals surface area (Å²) in [4.78, 5) is 58.4. The molecule has 0 saturated heterocycles. The van der Waals surface area contributed by atoms with Gasteiger partial charge in [-0.05, 0) is 89.6 Å². The zero-order valence-corrected chi connectivity index (χ0v) is 33.3. The van der Waals surface area contributed by atoms with Crippen LogP contribution in [0, 0.1) is 13.8 Å². The van der Waals surface area contributed by atoms with E-state index in [2.05, 4.69) is 17.6 Å². The van der Waals surface area contributed by atoms with Crippen molar-refractivity contribution >= 4 is 23.9 Å². The first-order valence-corrected chi connectivity index (χ1v) is 19.0. The Hall–Kier alpha value is -4.66. The van der Waals surface area contributed by atoms with Crippen LogP contribution in [0.15, 0.2) is 78.9 Å². The number of unbranched alkanes of at least 4 members (excludes halogenated alkanes) is 4. The molecule has 0 aliphatic carbocycles. The molecule has 0 heterocycles. The van der Waals surface area contributed by atoms with E-state index in [1.54, 1.807) is 46.4 Å². The second kappa shape index (κ2) is 20.0. The fourth-order valence-electron chi connectivity index (χ4n) is 6.03. The zero-order chi connectivity index (χ0) is 39.2. The fourth-order valence-corrected chi connectivity index (χ4v) is 6.03. The van der Waals surface area contributed by atoms with Gasteiger partial charge in [0.25, 0.3) is 0 Å². The van der Waals surface area contributed by atoms with Gasteiger partial charge in [0.1, 0.15) is 29.3 Å². The standard InChI is InChI=1S/C44H61N3O6/c1-10-11-12-13-20-27-47(40(49)36(29-33-21-16-14-17-22-33)46-42(51)53-44(7,8)9)38(35-26-25-31(2)32(3)28-35)39(48)45-37(41(50)52-43(4,5)6)30-34-23-18-15-19-24-34/h14-19,21-26,28,36-38H,10-13,20,27,29-30H2,1-9H3,(H,45,48)(H,46,51). The molecule has 3 atom stereocenters. The predicted octanol–water partition coefficient (Wildman–Crippen LogP) is 8.35. The van der Waals surface area contributed by atoms with Crippen LogP contribution in [-0.4, -0.2) is 58.6 Å². The van der Waals surface area contributed by atoms with E-state index >= 15 is 4.79 Å². The monoisotopic (exact) mass is 727 g/mol. The normalized spacial score (nSPS) is 13.3. The van der Waals surface area contributed by atoms with Crippen molar-refractivity contribution in [3.05, 3.63) is 107 Å². The number of ether oxygens (including phenoxy) is 2. The highest BCUT2D eigenvalue weighted by molar-refractivity contribution is 5.94. The van der Waals surface area contributed by atoms with Crippen molar-refractivity contribution in [1.29, 1.82) is 0 Å². The molecular formula is C44H61N3O6. The number of aryl methyl sites for hydroxylation is 2. The van der Waals surface area contributed by atoms with Gasteiger partial charge in [-0.1, -0.05) is 111 Å². The van der Waals surface area contributed by atoms with Gasteiger partial charge in [-0.25, -0.2) is 9.59 Å². The Morgan fingerprint density at radius 1 is 0.660 bits per heavy atom. The SMILES string of the molecule is CCCCCCCN(C(=O)C(Cc1ccccc1)NC(=O)OC(C)(C)C)C(C(=O)NC(Cc1ccccc1)C(=O)OC(C)(C)C)c1ccc(C)c(C)c1. The summed E-state index contributed by atoms with van der Waals surface area (Å²) in [5.41, 5.74) is 2.70. The van der Waals surface area contributed by atoms with Crippen LogP contribution < -0.4 is 10.6 Å². The lowest BCUT2D eigenvalue weighted by Crippen LogP contribution is -2.55. The number of amides is 3. The van der Waals surface area contributed by atoms with Crippen LogP contribution in [0.25, 0.3) is 0 Å². The van der Waals surface area contributed by atoms with Crippen LogP contribution in [0.5, 0.6) is 0 Å². The minimum atomic E-state index is -1.12. The molecule has 53 heavy (non-hydrogen) atoms. The Bertz CT molecular complexity index is 1630. The van der Waals surface area contributed by atoms with Gasteiger partial charge in [0.15, 0.2) is 0 Å². The lowest BCUT2D eigenvalue weighted by molar-refractivity contribution is -0.159. The van der Waals surface area contributed by atoms with Crippen LogP contribution in [0.1, 0.15) is 114 Å². The van der Waals surface area contributed by atoms with Crippen molar-refractivity contribution in [2.24, 2.45) is 0 Å². The minimum Gasteiger partial charge on any atom is -0.458 e. The third-order valence-electron chi connectivity index (χ3n) is 8.75. The van der Waals surface area contributed by atoms with Crippen molar-refractivity contribution in [3.63, 3.8) is 0 Å². The van der Waals surface area contributed by atoms with Crippen molar-refractivity contribution in [3.8, 4) is 0 Å². The Labute approximate surface area is 317 Å². The van der Waals surface area contributed by atoms with Gasteiger partial charge in [-0.3, -0.25) is 9.59 Å². The van der Waals surface area contributed by atoms with Crippen molar-refractivity contribution in [2.75, 3.05) is 6.54 Å². The van der Waals surface area contributed by atoms with Gasteiger partial charge in [-0.2, -0.15) is 0 Å². The van der Waals surface area contributed by atoms with E-state index in [9.17, 15) is 14.4 Å². The van der Waals surface area contributed by atoms with Gasteiger partial charge in [0.2, 0.25) is 11.8 Å². The summed E-state index contributed by atoms with van der Waals surface area (Å²) in [6.45, 7) is 17.0. The van der Waals surface area contributed by atoms with Gasteiger partial charge in [0, 0.05) is 19.4 Å². The Morgan fingerprint density at radius 2 is 1.21 bits per heavy atom. The highest BCUT2D eigenvalue weighted by Gasteiger charge is 2.38. The molecule has 2 N–H and O–H groups in total. The summed E-state index contributed by atoms with van der Waals surface area (Å²) in [7, 11) is 0. The Morgan fingerprint density at radius 3 is 1.74 bits per heavy atom. The Balaban J connectivity index is 2.15. The van der Waals surface area contributed by atoms with Gasteiger partial charge in [-0.15, -0.1) is 0 Å². The molecule has 3 amide bonds. The minimum absolute atomic E-state index is 0.182. The molecule has 3 rings (SSSR count). The van der Waals surface area contributed by atoms with E-state index in [1.165, 1.54) is 0 Å². The number of hydrogen-bond donors (Lipinski definition) is 2. The summed E-state index contributed by atoms with van der Waals surface area (Å²) in [5.74, 6) is -1.51. The summed E-state index contributed by atoms with van der Waals surface area (Å²) >= 11 is 0. The third kappa shape index (κ3) is 14.7. The van der Waals surface area contributed by atoms with Gasteiger partial charge >= 0.3 is 12.1 Å². The van der Waals surface area contributed by atoms with Gasteiger partial charge < -0.3 is 25.0 Å². The van der Waals surface area contributed by atoms with Crippen LogP contribution in [0.2, 0.25) is 0 Å². The molecule has 0 fully saturated rings. The van der Waals surface area contributed by atoms with Crippen LogP contribution in [-0.2, 0) is 36.7 Å². The number of rotatable bonds is 17. The van der Waals surface area contributed by atoms with Gasteiger partial charge in [0.05, 0.1) is 0 Å². The number of hydrogen-bond acceptors (Lipinski definition) is 6. The maximum absolute atomic E-state index is 15.0. The maximum Gasteiger partial charge on any atom is 0.408 e. The summed E-state index contributed by atoms with van der Waals surface area (Å²) < 4.78 is 11.4. The molecule has 3 aromatic rings. The Kier molecular flexibility index (Phi) is 16.1. The van der Waals surface area contributed by atoms with Crippen LogP contribution >= 0.6 is 0 Å². The van der Waals surface area contributed by atoms with E-state index < -0.39 is 53.2 Å². The van der Waals surface area contributed by atoms with E-state index in [0.29, 0.717) is 12.0 Å². The van der Waals surface area contributed by atoms with Crippen molar-refractivity contribution in [2.45, 2.75) is 137 Å².